The maximum absolute atomic E-state index is 5.95. The van der Waals surface area contributed by atoms with Crippen LogP contribution >= 0.6 is 0 Å². The van der Waals surface area contributed by atoms with Crippen LogP contribution in [0.15, 0.2) is 48.5 Å². The van der Waals surface area contributed by atoms with Crippen LogP contribution in [0.25, 0.3) is 0 Å². The van der Waals surface area contributed by atoms with E-state index in [1.807, 2.05) is 18.2 Å². The lowest BCUT2D eigenvalue weighted by atomic mass is 10.1. The van der Waals surface area contributed by atoms with E-state index >= 15 is 0 Å². The number of hydrogen-bond donors (Lipinski definition) is 0. The lowest BCUT2D eigenvalue weighted by Crippen LogP contribution is -2.04. The largest absolute Gasteiger partial charge is 0.489 e. The molecule has 0 heterocycles. The lowest BCUT2D eigenvalue weighted by Gasteiger charge is -2.13. The molecule has 3 nitrogen and oxygen atoms in total. The van der Waals surface area contributed by atoms with Crippen LogP contribution in [0.5, 0.6) is 5.75 Å². The van der Waals surface area contributed by atoms with Crippen LogP contribution in [0.1, 0.15) is 16.7 Å². The second-order valence-electron chi connectivity index (χ2n) is 4.93. The maximum Gasteiger partial charge on any atom is 0.125 e. The summed E-state index contributed by atoms with van der Waals surface area (Å²) in [7, 11) is 1.67. The minimum atomic E-state index is 0.535. The van der Waals surface area contributed by atoms with Crippen LogP contribution in [0.4, 0.5) is 0 Å². The highest BCUT2D eigenvalue weighted by molar-refractivity contribution is 5.37. The Morgan fingerprint density at radius 1 is 0.905 bits per heavy atom. The standard InChI is InChI=1S/C18H22O3/c1-15-8-9-17(14-20-11-10-19-2)18(12-15)21-13-16-6-4-3-5-7-16/h3-9,12H,10-11,13-14H2,1-2H3. The SMILES string of the molecule is COCCOCc1ccc(C)cc1OCc1ccccc1. The predicted molar refractivity (Wildman–Crippen MR) is 83.5 cm³/mol. The minimum Gasteiger partial charge on any atom is -0.489 e. The molecule has 0 aliphatic carbocycles. The lowest BCUT2D eigenvalue weighted by molar-refractivity contribution is 0.0604. The van der Waals surface area contributed by atoms with E-state index in [1.165, 1.54) is 5.56 Å². The highest BCUT2D eigenvalue weighted by Gasteiger charge is 2.05. The van der Waals surface area contributed by atoms with Gasteiger partial charge >= 0.3 is 0 Å². The zero-order valence-electron chi connectivity index (χ0n) is 12.7. The van der Waals surface area contributed by atoms with Crippen molar-refractivity contribution >= 4 is 0 Å². The number of methoxy groups -OCH3 is 1. The average Bonchev–Trinajstić information content (AvgIpc) is 2.52. The molecule has 2 aromatic carbocycles. The van der Waals surface area contributed by atoms with E-state index in [4.69, 9.17) is 14.2 Å². The van der Waals surface area contributed by atoms with Gasteiger partial charge in [0.2, 0.25) is 0 Å². The smallest absolute Gasteiger partial charge is 0.125 e. The van der Waals surface area contributed by atoms with Gasteiger partial charge < -0.3 is 14.2 Å². The zero-order valence-corrected chi connectivity index (χ0v) is 12.7. The van der Waals surface area contributed by atoms with Gasteiger partial charge in [-0.2, -0.15) is 0 Å². The van der Waals surface area contributed by atoms with Gasteiger partial charge in [0.05, 0.1) is 19.8 Å². The molecule has 0 unspecified atom stereocenters. The van der Waals surface area contributed by atoms with E-state index in [0.717, 1.165) is 16.9 Å². The minimum absolute atomic E-state index is 0.535. The number of benzene rings is 2. The molecule has 0 N–H and O–H groups in total. The molecule has 0 aromatic heterocycles. The van der Waals surface area contributed by atoms with Crippen molar-refractivity contribution in [3.8, 4) is 5.75 Å². The van der Waals surface area contributed by atoms with E-state index < -0.39 is 0 Å². The first-order chi connectivity index (χ1) is 10.3. The van der Waals surface area contributed by atoms with Crippen LogP contribution < -0.4 is 4.74 Å². The van der Waals surface area contributed by atoms with Crippen molar-refractivity contribution in [2.24, 2.45) is 0 Å². The fraction of sp³-hybridized carbons (Fsp3) is 0.333. The van der Waals surface area contributed by atoms with Gasteiger partial charge in [-0.15, -0.1) is 0 Å². The first kappa shape index (κ1) is 15.5. The fourth-order valence-corrected chi connectivity index (χ4v) is 1.98. The van der Waals surface area contributed by atoms with Crippen molar-refractivity contribution in [3.05, 3.63) is 65.2 Å². The predicted octanol–water partition coefficient (Wildman–Crippen LogP) is 3.74. The Morgan fingerprint density at radius 2 is 1.71 bits per heavy atom. The second-order valence-corrected chi connectivity index (χ2v) is 4.93. The van der Waals surface area contributed by atoms with Crippen molar-refractivity contribution in [2.75, 3.05) is 20.3 Å². The van der Waals surface area contributed by atoms with Crippen molar-refractivity contribution in [1.82, 2.24) is 0 Å². The second kappa shape index (κ2) is 8.45. The molecular weight excluding hydrogens is 264 g/mol. The molecule has 0 radical (unpaired) electrons. The first-order valence-corrected chi connectivity index (χ1v) is 7.12. The molecule has 0 saturated carbocycles. The summed E-state index contributed by atoms with van der Waals surface area (Å²) in [4.78, 5) is 0. The Kier molecular flexibility index (Phi) is 6.25. The molecule has 0 bridgehead atoms. The molecule has 0 aliphatic heterocycles. The zero-order chi connectivity index (χ0) is 14.9. The Labute approximate surface area is 126 Å². The molecule has 112 valence electrons. The summed E-state index contributed by atoms with van der Waals surface area (Å²) in [5, 5.41) is 0. The van der Waals surface area contributed by atoms with Crippen LogP contribution in [-0.2, 0) is 22.7 Å². The molecule has 0 aliphatic rings. The molecule has 0 amide bonds. The first-order valence-electron chi connectivity index (χ1n) is 7.12. The third kappa shape index (κ3) is 5.21. The normalized spacial score (nSPS) is 10.6. The maximum atomic E-state index is 5.95. The Balaban J connectivity index is 1.97. The molecule has 21 heavy (non-hydrogen) atoms. The third-order valence-electron chi connectivity index (χ3n) is 3.15. The van der Waals surface area contributed by atoms with Crippen LogP contribution in [0.3, 0.4) is 0 Å². The number of aryl methyl sites for hydroxylation is 1. The summed E-state index contributed by atoms with van der Waals surface area (Å²) >= 11 is 0. The van der Waals surface area contributed by atoms with Gasteiger partial charge in [-0.3, -0.25) is 0 Å². The highest BCUT2D eigenvalue weighted by Crippen LogP contribution is 2.22. The van der Waals surface area contributed by atoms with Crippen molar-refractivity contribution in [2.45, 2.75) is 20.1 Å². The molecule has 3 heteroatoms. The van der Waals surface area contributed by atoms with Gasteiger partial charge in [-0.05, 0) is 24.1 Å². The van der Waals surface area contributed by atoms with E-state index in [0.29, 0.717) is 26.4 Å². The summed E-state index contributed by atoms with van der Waals surface area (Å²) in [5.41, 5.74) is 3.40. The van der Waals surface area contributed by atoms with Crippen LogP contribution in [0.2, 0.25) is 0 Å². The molecule has 0 atom stereocenters. The van der Waals surface area contributed by atoms with Gasteiger partial charge in [0.15, 0.2) is 0 Å². The highest BCUT2D eigenvalue weighted by atomic mass is 16.5. The van der Waals surface area contributed by atoms with Crippen molar-refractivity contribution in [3.63, 3.8) is 0 Å². The molecule has 2 aromatic rings. The van der Waals surface area contributed by atoms with Crippen molar-refractivity contribution in [1.29, 1.82) is 0 Å². The van der Waals surface area contributed by atoms with Gasteiger partial charge in [-0.25, -0.2) is 0 Å². The Bertz CT molecular complexity index is 537. The molecule has 0 fully saturated rings. The van der Waals surface area contributed by atoms with Gasteiger partial charge in [0.1, 0.15) is 12.4 Å². The van der Waals surface area contributed by atoms with Crippen LogP contribution in [-0.4, -0.2) is 20.3 Å². The summed E-state index contributed by atoms with van der Waals surface area (Å²) < 4.78 is 16.5. The van der Waals surface area contributed by atoms with Crippen LogP contribution in [0, 0.1) is 6.92 Å². The van der Waals surface area contributed by atoms with Crippen molar-refractivity contribution < 1.29 is 14.2 Å². The summed E-state index contributed by atoms with van der Waals surface area (Å²) in [6.45, 7) is 4.35. The van der Waals surface area contributed by atoms with E-state index in [9.17, 15) is 0 Å². The van der Waals surface area contributed by atoms with E-state index in [-0.39, 0.29) is 0 Å². The molecule has 0 spiro atoms. The number of ether oxygens (including phenoxy) is 3. The fourth-order valence-electron chi connectivity index (χ4n) is 1.98. The monoisotopic (exact) mass is 286 g/mol. The Hall–Kier alpha value is -1.84. The Morgan fingerprint density at radius 3 is 2.48 bits per heavy atom. The quantitative estimate of drug-likeness (QED) is 0.692. The summed E-state index contributed by atoms with van der Waals surface area (Å²) in [5.74, 6) is 0.885. The van der Waals surface area contributed by atoms with Gasteiger partial charge in [0, 0.05) is 12.7 Å². The summed E-state index contributed by atoms with van der Waals surface area (Å²) in [6.07, 6.45) is 0. The van der Waals surface area contributed by atoms with Gasteiger partial charge in [-0.1, -0.05) is 42.5 Å². The summed E-state index contributed by atoms with van der Waals surface area (Å²) in [6, 6.07) is 16.3. The molecule has 0 saturated heterocycles. The molecular formula is C18H22O3. The number of hydrogen-bond acceptors (Lipinski definition) is 3. The third-order valence-corrected chi connectivity index (χ3v) is 3.15. The van der Waals surface area contributed by atoms with E-state index in [1.54, 1.807) is 7.11 Å². The van der Waals surface area contributed by atoms with E-state index in [2.05, 4.69) is 37.3 Å². The van der Waals surface area contributed by atoms with Gasteiger partial charge in [0.25, 0.3) is 0 Å². The molecule has 2 rings (SSSR count). The average molecular weight is 286 g/mol. The topological polar surface area (TPSA) is 27.7 Å². The number of rotatable bonds is 8.